The predicted molar refractivity (Wildman–Crippen MR) is 93.3 cm³/mol. The average molecular weight is 337 g/mol. The van der Waals surface area contributed by atoms with Crippen LogP contribution >= 0.6 is 0 Å². The molecule has 0 saturated heterocycles. The Morgan fingerprint density at radius 2 is 2.00 bits per heavy atom. The van der Waals surface area contributed by atoms with Gasteiger partial charge in [-0.25, -0.2) is 0 Å². The van der Waals surface area contributed by atoms with E-state index in [-0.39, 0.29) is 5.91 Å². The number of carbonyl (C=O) groups is 1. The molecule has 0 fully saturated rings. The van der Waals surface area contributed by atoms with Gasteiger partial charge in [0.15, 0.2) is 5.82 Å². The summed E-state index contributed by atoms with van der Waals surface area (Å²) >= 11 is 0. The van der Waals surface area contributed by atoms with Crippen molar-refractivity contribution in [1.29, 1.82) is 0 Å². The molecule has 1 aromatic heterocycles. The fourth-order valence-corrected chi connectivity index (χ4v) is 2.58. The number of nitrogens with zero attached hydrogens (tertiary/aromatic N) is 3. The molecule has 3 aromatic rings. The van der Waals surface area contributed by atoms with Crippen molar-refractivity contribution in [2.24, 2.45) is 0 Å². The Kier molecular flexibility index (Phi) is 4.79. The number of aromatic nitrogens is 2. The zero-order chi connectivity index (χ0) is 17.8. The van der Waals surface area contributed by atoms with Gasteiger partial charge in [0, 0.05) is 13.6 Å². The molecule has 0 saturated carbocycles. The molecule has 3 rings (SSSR count). The van der Waals surface area contributed by atoms with Crippen LogP contribution in [0.1, 0.15) is 21.7 Å². The second-order valence-electron chi connectivity index (χ2n) is 5.71. The van der Waals surface area contributed by atoms with E-state index in [1.54, 1.807) is 38.1 Å². The van der Waals surface area contributed by atoms with Gasteiger partial charge in [-0.05, 0) is 36.8 Å². The fraction of sp³-hybridized carbons (Fsp3) is 0.211. The minimum atomic E-state index is -0.116. The van der Waals surface area contributed by atoms with Crippen LogP contribution in [0.4, 0.5) is 0 Å². The van der Waals surface area contributed by atoms with Gasteiger partial charge in [0.1, 0.15) is 5.75 Å². The van der Waals surface area contributed by atoms with Gasteiger partial charge < -0.3 is 14.2 Å². The fourth-order valence-electron chi connectivity index (χ4n) is 2.58. The molecule has 0 spiro atoms. The molecule has 2 aromatic carbocycles. The average Bonchev–Trinajstić information content (AvgIpc) is 3.07. The van der Waals surface area contributed by atoms with Crippen LogP contribution in [0.15, 0.2) is 53.1 Å². The molecule has 0 aliphatic carbocycles. The van der Waals surface area contributed by atoms with E-state index in [9.17, 15) is 4.79 Å². The summed E-state index contributed by atoms with van der Waals surface area (Å²) in [6, 6.07) is 14.9. The van der Waals surface area contributed by atoms with Crippen molar-refractivity contribution >= 4 is 5.91 Å². The van der Waals surface area contributed by atoms with E-state index < -0.39 is 0 Å². The molecule has 0 unspecified atom stereocenters. The maximum Gasteiger partial charge on any atom is 0.258 e. The molecule has 1 amide bonds. The van der Waals surface area contributed by atoms with Crippen LogP contribution in [-0.4, -0.2) is 35.1 Å². The highest BCUT2D eigenvalue weighted by atomic mass is 16.5. The standard InChI is InChI=1S/C19H19N3O3/c1-13-20-18(25-21-13)16-9-4-5-10-17(16)19(23)22(2)12-14-7-6-8-15(11-14)24-3/h4-11H,12H2,1-3H3. The Bertz CT molecular complexity index is 889. The molecule has 0 aliphatic rings. The summed E-state index contributed by atoms with van der Waals surface area (Å²) in [6.45, 7) is 2.21. The van der Waals surface area contributed by atoms with Crippen LogP contribution < -0.4 is 4.74 Å². The van der Waals surface area contributed by atoms with E-state index in [1.165, 1.54) is 0 Å². The molecule has 25 heavy (non-hydrogen) atoms. The smallest absolute Gasteiger partial charge is 0.258 e. The Morgan fingerprint density at radius 1 is 1.20 bits per heavy atom. The summed E-state index contributed by atoms with van der Waals surface area (Å²) in [4.78, 5) is 18.8. The summed E-state index contributed by atoms with van der Waals surface area (Å²) in [5.41, 5.74) is 2.14. The summed E-state index contributed by atoms with van der Waals surface area (Å²) in [6.07, 6.45) is 0. The van der Waals surface area contributed by atoms with Crippen molar-refractivity contribution in [3.05, 3.63) is 65.5 Å². The third kappa shape index (κ3) is 3.68. The van der Waals surface area contributed by atoms with E-state index in [2.05, 4.69) is 10.1 Å². The minimum absolute atomic E-state index is 0.116. The lowest BCUT2D eigenvalue weighted by molar-refractivity contribution is 0.0785. The number of hydrogen-bond acceptors (Lipinski definition) is 5. The Labute approximate surface area is 146 Å². The van der Waals surface area contributed by atoms with E-state index in [0.29, 0.717) is 29.4 Å². The summed E-state index contributed by atoms with van der Waals surface area (Å²) in [5, 5.41) is 3.80. The number of hydrogen-bond donors (Lipinski definition) is 0. The lowest BCUT2D eigenvalue weighted by atomic mass is 10.1. The molecule has 0 atom stereocenters. The van der Waals surface area contributed by atoms with E-state index >= 15 is 0 Å². The van der Waals surface area contributed by atoms with E-state index in [0.717, 1.165) is 11.3 Å². The molecule has 0 bridgehead atoms. The van der Waals surface area contributed by atoms with Crippen LogP contribution in [0.25, 0.3) is 11.5 Å². The van der Waals surface area contributed by atoms with Crippen LogP contribution in [0, 0.1) is 6.92 Å². The second-order valence-corrected chi connectivity index (χ2v) is 5.71. The van der Waals surface area contributed by atoms with Crippen LogP contribution in [0.3, 0.4) is 0 Å². The quantitative estimate of drug-likeness (QED) is 0.714. The van der Waals surface area contributed by atoms with Crippen molar-refractivity contribution in [3.63, 3.8) is 0 Å². The number of methoxy groups -OCH3 is 1. The second kappa shape index (κ2) is 7.17. The summed E-state index contributed by atoms with van der Waals surface area (Å²) < 4.78 is 10.5. The highest BCUT2D eigenvalue weighted by Crippen LogP contribution is 2.24. The number of benzene rings is 2. The van der Waals surface area contributed by atoms with E-state index in [1.807, 2.05) is 36.4 Å². The largest absolute Gasteiger partial charge is 0.497 e. The minimum Gasteiger partial charge on any atom is -0.497 e. The molecule has 128 valence electrons. The first-order valence-corrected chi connectivity index (χ1v) is 7.86. The molecule has 0 radical (unpaired) electrons. The first kappa shape index (κ1) is 16.7. The molecular formula is C19H19N3O3. The third-order valence-corrected chi connectivity index (χ3v) is 3.82. The molecule has 6 heteroatoms. The van der Waals surface area contributed by atoms with Gasteiger partial charge in [-0.1, -0.05) is 29.4 Å². The summed E-state index contributed by atoms with van der Waals surface area (Å²) in [7, 11) is 3.38. The third-order valence-electron chi connectivity index (χ3n) is 3.82. The van der Waals surface area contributed by atoms with Crippen LogP contribution in [-0.2, 0) is 6.54 Å². The van der Waals surface area contributed by atoms with Gasteiger partial charge in [-0.2, -0.15) is 4.98 Å². The zero-order valence-electron chi connectivity index (χ0n) is 14.4. The normalized spacial score (nSPS) is 10.5. The number of rotatable bonds is 5. The van der Waals surface area contributed by atoms with Gasteiger partial charge in [0.2, 0.25) is 0 Å². The number of aryl methyl sites for hydroxylation is 1. The Balaban J connectivity index is 1.85. The van der Waals surface area contributed by atoms with Gasteiger partial charge in [0.25, 0.3) is 11.8 Å². The number of carbonyl (C=O) groups excluding carboxylic acids is 1. The lowest BCUT2D eigenvalue weighted by Crippen LogP contribution is -2.26. The van der Waals surface area contributed by atoms with Crippen molar-refractivity contribution in [2.45, 2.75) is 13.5 Å². The van der Waals surface area contributed by atoms with Gasteiger partial charge in [-0.3, -0.25) is 4.79 Å². The first-order valence-electron chi connectivity index (χ1n) is 7.86. The molecule has 1 heterocycles. The number of amides is 1. The van der Waals surface area contributed by atoms with Gasteiger partial charge >= 0.3 is 0 Å². The molecule has 0 aliphatic heterocycles. The number of ether oxygens (including phenoxy) is 1. The van der Waals surface area contributed by atoms with E-state index in [4.69, 9.17) is 9.26 Å². The van der Waals surface area contributed by atoms with Gasteiger partial charge in [-0.15, -0.1) is 0 Å². The zero-order valence-corrected chi connectivity index (χ0v) is 14.4. The summed E-state index contributed by atoms with van der Waals surface area (Å²) in [5.74, 6) is 1.52. The SMILES string of the molecule is COc1cccc(CN(C)C(=O)c2ccccc2-c2nc(C)no2)c1. The van der Waals surface area contributed by atoms with Crippen LogP contribution in [0.2, 0.25) is 0 Å². The monoisotopic (exact) mass is 337 g/mol. The topological polar surface area (TPSA) is 68.5 Å². The van der Waals surface area contributed by atoms with Crippen LogP contribution in [0.5, 0.6) is 5.75 Å². The maximum atomic E-state index is 12.9. The molecule has 0 N–H and O–H groups in total. The molecular weight excluding hydrogens is 318 g/mol. The van der Waals surface area contributed by atoms with Crippen molar-refractivity contribution in [1.82, 2.24) is 15.0 Å². The van der Waals surface area contributed by atoms with Crippen molar-refractivity contribution in [2.75, 3.05) is 14.2 Å². The Morgan fingerprint density at radius 3 is 2.72 bits per heavy atom. The Hall–Kier alpha value is -3.15. The van der Waals surface area contributed by atoms with Crippen molar-refractivity contribution < 1.29 is 14.1 Å². The lowest BCUT2D eigenvalue weighted by Gasteiger charge is -2.19. The molecule has 6 nitrogen and oxygen atoms in total. The predicted octanol–water partition coefficient (Wildman–Crippen LogP) is 3.33. The highest BCUT2D eigenvalue weighted by molar-refractivity contribution is 5.99. The highest BCUT2D eigenvalue weighted by Gasteiger charge is 2.19. The maximum absolute atomic E-state index is 12.9. The van der Waals surface area contributed by atoms with Crippen molar-refractivity contribution in [3.8, 4) is 17.2 Å². The van der Waals surface area contributed by atoms with Gasteiger partial charge in [0.05, 0.1) is 18.2 Å². The first-order chi connectivity index (χ1) is 12.1.